The van der Waals surface area contributed by atoms with Crippen molar-refractivity contribution in [2.24, 2.45) is 5.92 Å². The van der Waals surface area contributed by atoms with Gasteiger partial charge in [0.15, 0.2) is 0 Å². The number of hydrogen-bond donors (Lipinski definition) is 0. The third kappa shape index (κ3) is 4.82. The van der Waals surface area contributed by atoms with Crippen LogP contribution < -0.4 is 0 Å². The van der Waals surface area contributed by atoms with Gasteiger partial charge in [0.1, 0.15) is 6.10 Å². The number of ether oxygens (including phenoxy) is 1. The van der Waals surface area contributed by atoms with E-state index in [0.29, 0.717) is 12.3 Å². The molecule has 0 saturated carbocycles. The number of rotatable bonds is 4. The molecule has 0 aliphatic carbocycles. The summed E-state index contributed by atoms with van der Waals surface area (Å²) in [5.41, 5.74) is 0. The van der Waals surface area contributed by atoms with Crippen molar-refractivity contribution in [3.63, 3.8) is 0 Å². The highest BCUT2D eigenvalue weighted by Crippen LogP contribution is 2.06. The lowest BCUT2D eigenvalue weighted by Gasteiger charge is -2.15. The predicted molar refractivity (Wildman–Crippen MR) is 45.3 cm³/mol. The molecule has 0 heterocycles. The zero-order valence-corrected chi connectivity index (χ0v) is 7.89. The molecule has 1 atom stereocenters. The Labute approximate surface area is 68.9 Å². The van der Waals surface area contributed by atoms with Crippen molar-refractivity contribution in [3.05, 3.63) is 0 Å². The molecule has 1 unspecified atom stereocenters. The topological polar surface area (TPSA) is 26.3 Å². The molecule has 11 heavy (non-hydrogen) atoms. The van der Waals surface area contributed by atoms with Gasteiger partial charge in [0.25, 0.3) is 0 Å². The summed E-state index contributed by atoms with van der Waals surface area (Å²) in [7, 11) is 0. The lowest BCUT2D eigenvalue weighted by atomic mass is 10.1. The molecule has 0 N–H and O–H groups in total. The fraction of sp³-hybridized carbons (Fsp3) is 0.889. The van der Waals surface area contributed by atoms with Gasteiger partial charge < -0.3 is 4.74 Å². The van der Waals surface area contributed by atoms with Crippen LogP contribution in [0.4, 0.5) is 0 Å². The van der Waals surface area contributed by atoms with Crippen LogP contribution in [0.5, 0.6) is 0 Å². The Morgan fingerprint density at radius 2 is 1.91 bits per heavy atom. The van der Waals surface area contributed by atoms with Crippen molar-refractivity contribution in [3.8, 4) is 0 Å². The molecule has 0 aliphatic heterocycles. The van der Waals surface area contributed by atoms with Crippen molar-refractivity contribution in [2.45, 2.75) is 46.6 Å². The molecule has 0 saturated heterocycles. The molecule has 0 aromatic heterocycles. The third-order valence-corrected chi connectivity index (χ3v) is 1.71. The molecule has 2 nitrogen and oxygen atoms in total. The van der Waals surface area contributed by atoms with Gasteiger partial charge in [0, 0.05) is 6.42 Å². The Balaban J connectivity index is 3.57. The van der Waals surface area contributed by atoms with E-state index >= 15 is 0 Å². The smallest absolute Gasteiger partial charge is 0.306 e. The lowest BCUT2D eigenvalue weighted by Crippen LogP contribution is -2.19. The second kappa shape index (κ2) is 5.16. The highest BCUT2D eigenvalue weighted by molar-refractivity contribution is 5.69. The summed E-state index contributed by atoms with van der Waals surface area (Å²) in [6.07, 6.45) is 1.45. The molecule has 0 spiro atoms. The monoisotopic (exact) mass is 158 g/mol. The predicted octanol–water partition coefficient (Wildman–Crippen LogP) is 2.37. The summed E-state index contributed by atoms with van der Waals surface area (Å²) in [6, 6.07) is 0. The zero-order valence-electron chi connectivity index (χ0n) is 7.89. The second-order valence-electron chi connectivity index (χ2n) is 3.19. The van der Waals surface area contributed by atoms with Gasteiger partial charge in [-0.25, -0.2) is 0 Å². The van der Waals surface area contributed by atoms with E-state index in [1.165, 1.54) is 0 Å². The summed E-state index contributed by atoms with van der Waals surface area (Å²) in [6.45, 7) is 7.99. The van der Waals surface area contributed by atoms with Crippen molar-refractivity contribution >= 4 is 5.97 Å². The van der Waals surface area contributed by atoms with Crippen LogP contribution in [-0.2, 0) is 9.53 Å². The quantitative estimate of drug-likeness (QED) is 0.587. The highest BCUT2D eigenvalue weighted by Gasteiger charge is 2.11. The normalized spacial score (nSPS) is 13.2. The van der Waals surface area contributed by atoms with Crippen molar-refractivity contribution in [2.75, 3.05) is 0 Å². The first kappa shape index (κ1) is 10.5. The first-order valence-electron chi connectivity index (χ1n) is 4.27. The van der Waals surface area contributed by atoms with E-state index in [1.54, 1.807) is 0 Å². The Kier molecular flexibility index (Phi) is 4.92. The van der Waals surface area contributed by atoms with Gasteiger partial charge in [-0.2, -0.15) is 0 Å². The zero-order chi connectivity index (χ0) is 8.85. The molecule has 0 bridgehead atoms. The van der Waals surface area contributed by atoms with Crippen LogP contribution in [0.1, 0.15) is 40.5 Å². The summed E-state index contributed by atoms with van der Waals surface area (Å²) in [4.78, 5) is 10.9. The number of esters is 1. The van der Waals surface area contributed by atoms with Crippen LogP contribution in [0.15, 0.2) is 0 Å². The second-order valence-corrected chi connectivity index (χ2v) is 3.19. The standard InChI is InChI=1S/C9H18O2/c1-5-6-9(10)11-8(4)7(2)3/h7-8H,5-6H2,1-4H3. The minimum Gasteiger partial charge on any atom is -0.462 e. The van der Waals surface area contributed by atoms with E-state index in [9.17, 15) is 4.79 Å². The van der Waals surface area contributed by atoms with Gasteiger partial charge in [-0.15, -0.1) is 0 Å². The van der Waals surface area contributed by atoms with Crippen molar-refractivity contribution in [1.29, 1.82) is 0 Å². The Bertz CT molecular complexity index is 119. The molecule has 0 fully saturated rings. The van der Waals surface area contributed by atoms with Crippen LogP contribution in [0.3, 0.4) is 0 Å². The largest absolute Gasteiger partial charge is 0.462 e. The summed E-state index contributed by atoms with van der Waals surface area (Å²) < 4.78 is 5.11. The maximum atomic E-state index is 10.9. The SMILES string of the molecule is CCCC(=O)OC(C)C(C)C. The molecule has 0 aliphatic rings. The van der Waals surface area contributed by atoms with Crippen LogP contribution >= 0.6 is 0 Å². The average molecular weight is 158 g/mol. The van der Waals surface area contributed by atoms with Crippen LogP contribution in [0.25, 0.3) is 0 Å². The molecule has 66 valence electrons. The fourth-order valence-corrected chi connectivity index (χ4v) is 0.606. The van der Waals surface area contributed by atoms with Crippen LogP contribution in [0.2, 0.25) is 0 Å². The maximum Gasteiger partial charge on any atom is 0.306 e. The van der Waals surface area contributed by atoms with Gasteiger partial charge in [-0.1, -0.05) is 20.8 Å². The van der Waals surface area contributed by atoms with Gasteiger partial charge in [0.2, 0.25) is 0 Å². The summed E-state index contributed by atoms with van der Waals surface area (Å²) in [5.74, 6) is 0.338. The maximum absolute atomic E-state index is 10.9. The Morgan fingerprint density at radius 1 is 1.36 bits per heavy atom. The molecule has 0 aromatic carbocycles. The Hall–Kier alpha value is -0.530. The fourth-order valence-electron chi connectivity index (χ4n) is 0.606. The van der Waals surface area contributed by atoms with Gasteiger partial charge >= 0.3 is 5.97 Å². The Morgan fingerprint density at radius 3 is 2.27 bits per heavy atom. The third-order valence-electron chi connectivity index (χ3n) is 1.71. The highest BCUT2D eigenvalue weighted by atomic mass is 16.5. The lowest BCUT2D eigenvalue weighted by molar-refractivity contribution is -0.150. The van der Waals surface area contributed by atoms with Crippen LogP contribution in [-0.4, -0.2) is 12.1 Å². The number of carbonyl (C=O) groups excluding carboxylic acids is 1. The summed E-state index contributed by atoms with van der Waals surface area (Å²) in [5, 5.41) is 0. The van der Waals surface area contributed by atoms with E-state index < -0.39 is 0 Å². The van der Waals surface area contributed by atoms with Crippen molar-refractivity contribution < 1.29 is 9.53 Å². The molecule has 2 heteroatoms. The number of carbonyl (C=O) groups is 1. The van der Waals surface area contributed by atoms with E-state index in [4.69, 9.17) is 4.74 Å². The van der Waals surface area contributed by atoms with Gasteiger partial charge in [-0.3, -0.25) is 4.79 Å². The van der Waals surface area contributed by atoms with E-state index in [0.717, 1.165) is 6.42 Å². The van der Waals surface area contributed by atoms with Gasteiger partial charge in [0.05, 0.1) is 0 Å². The van der Waals surface area contributed by atoms with Crippen molar-refractivity contribution in [1.82, 2.24) is 0 Å². The van der Waals surface area contributed by atoms with E-state index in [2.05, 4.69) is 0 Å². The average Bonchev–Trinajstić information content (AvgIpc) is 1.87. The summed E-state index contributed by atoms with van der Waals surface area (Å²) >= 11 is 0. The number of hydrogen-bond acceptors (Lipinski definition) is 2. The van der Waals surface area contributed by atoms with E-state index in [-0.39, 0.29) is 12.1 Å². The first-order chi connectivity index (χ1) is 5.07. The minimum atomic E-state index is -0.0753. The minimum absolute atomic E-state index is 0.0500. The molecule has 0 amide bonds. The first-order valence-corrected chi connectivity index (χ1v) is 4.27. The molecular weight excluding hydrogens is 140 g/mol. The molecule has 0 aromatic rings. The van der Waals surface area contributed by atoms with Crippen LogP contribution in [0, 0.1) is 5.92 Å². The molecule has 0 radical (unpaired) electrons. The molecular formula is C9H18O2. The van der Waals surface area contributed by atoms with Gasteiger partial charge in [-0.05, 0) is 19.3 Å². The molecule has 0 rings (SSSR count). The van der Waals surface area contributed by atoms with E-state index in [1.807, 2.05) is 27.7 Å².